The second-order valence-corrected chi connectivity index (χ2v) is 8.29. The van der Waals surface area contributed by atoms with Crippen LogP contribution in [0.25, 0.3) is 5.70 Å². The number of nitrogens with one attached hydrogen (secondary N) is 1. The first-order chi connectivity index (χ1) is 17.1. The van der Waals surface area contributed by atoms with E-state index in [-0.39, 0.29) is 18.5 Å². The van der Waals surface area contributed by atoms with Crippen LogP contribution < -0.4 is 15.0 Å². The fraction of sp³-hybridized carbons (Fsp3) is 0.185. The lowest BCUT2D eigenvalue weighted by atomic mass is 10.00. The van der Waals surface area contributed by atoms with E-state index in [1.165, 1.54) is 0 Å². The van der Waals surface area contributed by atoms with Crippen LogP contribution in [0.15, 0.2) is 84.9 Å². The molecule has 0 fully saturated rings. The van der Waals surface area contributed by atoms with Gasteiger partial charge in [-0.2, -0.15) is 4.68 Å². The topological polar surface area (TPSA) is 85.2 Å². The van der Waals surface area contributed by atoms with Crippen molar-refractivity contribution in [3.8, 4) is 5.75 Å². The van der Waals surface area contributed by atoms with Gasteiger partial charge in [0.05, 0.1) is 12.3 Å². The van der Waals surface area contributed by atoms with Gasteiger partial charge in [0.25, 0.3) is 5.95 Å². The molecule has 5 rings (SSSR count). The van der Waals surface area contributed by atoms with Crippen LogP contribution in [0.3, 0.4) is 0 Å². The highest BCUT2D eigenvalue weighted by Crippen LogP contribution is 2.36. The molecule has 1 aliphatic rings. The van der Waals surface area contributed by atoms with Gasteiger partial charge in [-0.1, -0.05) is 65.3 Å². The maximum atomic E-state index is 13.1. The highest BCUT2D eigenvalue weighted by Gasteiger charge is 2.31. The molecule has 35 heavy (non-hydrogen) atoms. The molecule has 176 valence electrons. The Hall–Kier alpha value is -4.46. The van der Waals surface area contributed by atoms with Crippen molar-refractivity contribution in [1.82, 2.24) is 20.2 Å². The number of fused-ring (bicyclic) bond motifs is 1. The normalized spacial score (nSPS) is 14.7. The summed E-state index contributed by atoms with van der Waals surface area (Å²) in [5.41, 5.74) is 4.78. The van der Waals surface area contributed by atoms with E-state index in [4.69, 9.17) is 4.74 Å². The number of hydrogen-bond donors (Lipinski definition) is 1. The van der Waals surface area contributed by atoms with Crippen molar-refractivity contribution in [2.24, 2.45) is 0 Å². The Kier molecular flexibility index (Phi) is 6.26. The van der Waals surface area contributed by atoms with Crippen LogP contribution in [-0.4, -0.2) is 39.3 Å². The lowest BCUT2D eigenvalue weighted by Crippen LogP contribution is -2.37. The van der Waals surface area contributed by atoms with Crippen molar-refractivity contribution in [3.63, 3.8) is 0 Å². The highest BCUT2D eigenvalue weighted by atomic mass is 16.5. The molecule has 0 saturated carbocycles. The first-order valence-electron chi connectivity index (χ1n) is 11.5. The molecule has 3 aromatic carbocycles. The molecule has 0 aliphatic carbocycles. The Morgan fingerprint density at radius 2 is 1.74 bits per heavy atom. The minimum atomic E-state index is -0.192. The minimum absolute atomic E-state index is 0.0504. The summed E-state index contributed by atoms with van der Waals surface area (Å²) in [6.07, 6.45) is 2.10. The molecule has 0 radical (unpaired) electrons. The van der Waals surface area contributed by atoms with Gasteiger partial charge < -0.3 is 10.1 Å². The van der Waals surface area contributed by atoms with Crippen LogP contribution in [0.1, 0.15) is 29.7 Å². The van der Waals surface area contributed by atoms with E-state index in [0.717, 1.165) is 28.1 Å². The number of rotatable bonds is 7. The van der Waals surface area contributed by atoms with Crippen molar-refractivity contribution in [2.45, 2.75) is 19.9 Å². The van der Waals surface area contributed by atoms with E-state index in [1.807, 2.05) is 73.3 Å². The zero-order valence-corrected chi connectivity index (χ0v) is 19.6. The van der Waals surface area contributed by atoms with Gasteiger partial charge in [0.1, 0.15) is 18.3 Å². The van der Waals surface area contributed by atoms with Gasteiger partial charge in [-0.25, -0.2) is 0 Å². The van der Waals surface area contributed by atoms with Crippen LogP contribution in [0.4, 0.5) is 11.6 Å². The molecule has 8 nitrogen and oxygen atoms in total. The Balaban J connectivity index is 1.47. The van der Waals surface area contributed by atoms with Crippen LogP contribution in [0.5, 0.6) is 5.75 Å². The molecular formula is C27H26N6O2. The molecule has 1 atom stereocenters. The van der Waals surface area contributed by atoms with Gasteiger partial charge >= 0.3 is 0 Å². The van der Waals surface area contributed by atoms with Gasteiger partial charge in [0.15, 0.2) is 0 Å². The zero-order chi connectivity index (χ0) is 24.2. The third-order valence-corrected chi connectivity index (χ3v) is 5.83. The van der Waals surface area contributed by atoms with Crippen molar-refractivity contribution in [2.75, 3.05) is 23.4 Å². The zero-order valence-electron chi connectivity index (χ0n) is 19.6. The number of carbonyl (C=O) groups is 1. The highest BCUT2D eigenvalue weighted by molar-refractivity contribution is 5.97. The van der Waals surface area contributed by atoms with Crippen LogP contribution in [-0.2, 0) is 4.79 Å². The Morgan fingerprint density at radius 1 is 1.00 bits per heavy atom. The van der Waals surface area contributed by atoms with Crippen LogP contribution in [0, 0.1) is 6.92 Å². The number of aromatic nitrogens is 4. The lowest BCUT2D eigenvalue weighted by Gasteiger charge is -2.32. The van der Waals surface area contributed by atoms with Gasteiger partial charge in [-0.05, 0) is 65.7 Å². The molecule has 1 amide bonds. The molecule has 1 aliphatic heterocycles. The number of tetrazole rings is 1. The van der Waals surface area contributed by atoms with E-state index < -0.39 is 0 Å². The van der Waals surface area contributed by atoms with E-state index in [9.17, 15) is 4.79 Å². The third-order valence-electron chi connectivity index (χ3n) is 5.83. The van der Waals surface area contributed by atoms with E-state index in [2.05, 4.69) is 51.2 Å². The fourth-order valence-electron chi connectivity index (χ4n) is 4.13. The number of carbonyl (C=O) groups excluding carboxylic acids is 1. The number of aryl methyl sites for hydroxylation is 1. The summed E-state index contributed by atoms with van der Waals surface area (Å²) in [5.74, 6) is 1.09. The smallest absolute Gasteiger partial charge is 0.251 e. The number of anilines is 2. The predicted octanol–water partition coefficient (Wildman–Crippen LogP) is 4.47. The molecule has 0 spiro atoms. The van der Waals surface area contributed by atoms with Gasteiger partial charge in [-0.3, -0.25) is 9.69 Å². The summed E-state index contributed by atoms with van der Waals surface area (Å²) < 4.78 is 7.23. The van der Waals surface area contributed by atoms with Crippen molar-refractivity contribution < 1.29 is 9.53 Å². The van der Waals surface area contributed by atoms with Crippen molar-refractivity contribution in [3.05, 3.63) is 102 Å². The van der Waals surface area contributed by atoms with Crippen LogP contribution >= 0.6 is 0 Å². The maximum Gasteiger partial charge on any atom is 0.251 e. The molecule has 1 aromatic heterocycles. The van der Waals surface area contributed by atoms with Crippen molar-refractivity contribution in [1.29, 1.82) is 0 Å². The summed E-state index contributed by atoms with van der Waals surface area (Å²) in [4.78, 5) is 15.0. The Morgan fingerprint density at radius 3 is 2.46 bits per heavy atom. The molecular weight excluding hydrogens is 440 g/mol. The molecule has 0 saturated heterocycles. The number of hydrogen-bond acceptors (Lipinski definition) is 6. The SMILES string of the molecule is CCOc1ccc(NC(=O)CN2C(c3ccc(C)cc3)=CC(c3ccccc3)n3nnnc32)cc1. The summed E-state index contributed by atoms with van der Waals surface area (Å²) in [6, 6.07) is 25.4. The van der Waals surface area contributed by atoms with Gasteiger partial charge in [0.2, 0.25) is 5.91 Å². The number of allylic oxidation sites excluding steroid dienone is 1. The quantitative estimate of drug-likeness (QED) is 0.433. The fourth-order valence-corrected chi connectivity index (χ4v) is 4.13. The first kappa shape index (κ1) is 22.3. The van der Waals surface area contributed by atoms with E-state index in [0.29, 0.717) is 18.2 Å². The number of benzene rings is 3. The predicted molar refractivity (Wildman–Crippen MR) is 135 cm³/mol. The Bertz CT molecular complexity index is 1330. The molecule has 1 N–H and O–H groups in total. The summed E-state index contributed by atoms with van der Waals surface area (Å²) in [6.45, 7) is 4.63. The standard InChI is InChI=1S/C27H26N6O2/c1-3-35-23-15-13-22(14-16-23)28-26(34)18-32-24(21-11-9-19(2)10-12-21)17-25(20-7-5-4-6-8-20)33-27(32)29-30-31-33/h4-17,25H,3,18H2,1-2H3,(H,28,34). The first-order valence-corrected chi connectivity index (χ1v) is 11.5. The summed E-state index contributed by atoms with van der Waals surface area (Å²) >= 11 is 0. The average Bonchev–Trinajstić information content (AvgIpc) is 3.37. The summed E-state index contributed by atoms with van der Waals surface area (Å²) in [5, 5.41) is 15.4. The largest absolute Gasteiger partial charge is 0.494 e. The minimum Gasteiger partial charge on any atom is -0.494 e. The molecule has 4 aromatic rings. The van der Waals surface area contributed by atoms with E-state index in [1.54, 1.807) is 4.68 Å². The van der Waals surface area contributed by atoms with Gasteiger partial charge in [0, 0.05) is 5.69 Å². The molecule has 0 bridgehead atoms. The second kappa shape index (κ2) is 9.80. The molecule has 1 unspecified atom stereocenters. The van der Waals surface area contributed by atoms with Gasteiger partial charge in [-0.15, -0.1) is 0 Å². The second-order valence-electron chi connectivity index (χ2n) is 8.29. The van der Waals surface area contributed by atoms with Crippen LogP contribution in [0.2, 0.25) is 0 Å². The number of ether oxygens (including phenoxy) is 1. The van der Waals surface area contributed by atoms with E-state index >= 15 is 0 Å². The lowest BCUT2D eigenvalue weighted by molar-refractivity contribution is -0.114. The Labute approximate surface area is 203 Å². The molecule has 8 heteroatoms. The maximum absolute atomic E-state index is 13.1. The van der Waals surface area contributed by atoms with Crippen molar-refractivity contribution >= 4 is 23.2 Å². The monoisotopic (exact) mass is 466 g/mol. The average molecular weight is 467 g/mol. The number of amides is 1. The third kappa shape index (κ3) is 4.77. The summed E-state index contributed by atoms with van der Waals surface area (Å²) in [7, 11) is 0. The molecule has 2 heterocycles. The number of nitrogens with zero attached hydrogens (tertiary/aromatic N) is 5.